The zero-order chi connectivity index (χ0) is 27.1. The summed E-state index contributed by atoms with van der Waals surface area (Å²) >= 11 is 0. The molecule has 1 saturated heterocycles. The lowest BCUT2D eigenvalue weighted by Crippen LogP contribution is -2.37. The number of nitrogens with zero attached hydrogens (tertiary/aromatic N) is 5. The predicted molar refractivity (Wildman–Crippen MR) is 141 cm³/mol. The van der Waals surface area contributed by atoms with E-state index in [1.54, 1.807) is 35.3 Å². The van der Waals surface area contributed by atoms with Crippen molar-refractivity contribution >= 4 is 17.7 Å². The maximum absolute atomic E-state index is 14.0. The van der Waals surface area contributed by atoms with Crippen LogP contribution in [0.25, 0.3) is 11.5 Å². The number of carbonyl (C=O) groups is 3. The average Bonchev–Trinajstić information content (AvgIpc) is 3.62. The van der Waals surface area contributed by atoms with Gasteiger partial charge in [0.15, 0.2) is 5.82 Å². The smallest absolute Gasteiger partial charge is 0.258 e. The molecule has 1 N–H and O–H groups in total. The molecule has 3 amide bonds. The van der Waals surface area contributed by atoms with Gasteiger partial charge in [-0.05, 0) is 36.1 Å². The van der Waals surface area contributed by atoms with Gasteiger partial charge in [0.2, 0.25) is 11.8 Å². The van der Waals surface area contributed by atoms with E-state index >= 15 is 0 Å². The Morgan fingerprint density at radius 1 is 1.16 bits per heavy atom. The van der Waals surface area contributed by atoms with Crippen LogP contribution in [0.15, 0.2) is 53.3 Å². The zero-order valence-electron chi connectivity index (χ0n) is 22.1. The second-order valence-corrected chi connectivity index (χ2v) is 9.87. The molecular formula is C28H34N6O4. The van der Waals surface area contributed by atoms with Gasteiger partial charge in [-0.25, -0.2) is 0 Å². The molecule has 2 aromatic heterocycles. The second kappa shape index (κ2) is 12.4. The highest BCUT2D eigenvalue weighted by Gasteiger charge is 2.30. The molecule has 3 heterocycles. The van der Waals surface area contributed by atoms with Gasteiger partial charge in [-0.3, -0.25) is 19.4 Å². The van der Waals surface area contributed by atoms with E-state index in [4.69, 9.17) is 4.52 Å². The number of rotatable bonds is 10. The van der Waals surface area contributed by atoms with Crippen LogP contribution in [-0.2, 0) is 16.1 Å². The van der Waals surface area contributed by atoms with Gasteiger partial charge in [-0.15, -0.1) is 0 Å². The second-order valence-electron chi connectivity index (χ2n) is 9.87. The fraction of sp³-hybridized carbons (Fsp3) is 0.429. The monoisotopic (exact) mass is 518 g/mol. The standard InChI is InChI=1S/C28H34N6O4/c1-19(2)26-31-27(38-32-26)22-8-4-5-9-23(22)28(37)34(16-20-7-6-13-30-15-20)18-21-12-14-33(17-21)25(36)11-10-24(35)29-3/h4-9,13,15,19,21H,10-12,14,16-18H2,1-3H3,(H,29,35). The Kier molecular flexibility index (Phi) is 8.83. The lowest BCUT2D eigenvalue weighted by Gasteiger charge is -2.27. The van der Waals surface area contributed by atoms with E-state index in [9.17, 15) is 14.4 Å². The van der Waals surface area contributed by atoms with Crippen LogP contribution in [-0.4, -0.2) is 69.3 Å². The van der Waals surface area contributed by atoms with Crippen molar-refractivity contribution in [1.29, 1.82) is 0 Å². The van der Waals surface area contributed by atoms with Crippen molar-refractivity contribution in [2.24, 2.45) is 5.92 Å². The third kappa shape index (κ3) is 6.62. The zero-order valence-corrected chi connectivity index (χ0v) is 22.1. The molecule has 38 heavy (non-hydrogen) atoms. The number of carbonyl (C=O) groups excluding carboxylic acids is 3. The van der Waals surface area contributed by atoms with Crippen molar-refractivity contribution < 1.29 is 18.9 Å². The molecule has 200 valence electrons. The van der Waals surface area contributed by atoms with E-state index < -0.39 is 0 Å². The van der Waals surface area contributed by atoms with Gasteiger partial charge in [0, 0.05) is 64.4 Å². The van der Waals surface area contributed by atoms with Gasteiger partial charge >= 0.3 is 0 Å². The molecular weight excluding hydrogens is 484 g/mol. The van der Waals surface area contributed by atoms with Crippen LogP contribution < -0.4 is 5.32 Å². The minimum absolute atomic E-state index is 0.0380. The van der Waals surface area contributed by atoms with Crippen LogP contribution >= 0.6 is 0 Å². The van der Waals surface area contributed by atoms with Crippen LogP contribution in [0.2, 0.25) is 0 Å². The Morgan fingerprint density at radius 3 is 2.68 bits per heavy atom. The number of amides is 3. The maximum Gasteiger partial charge on any atom is 0.258 e. The molecule has 1 aliphatic heterocycles. The Balaban J connectivity index is 1.53. The number of nitrogens with one attached hydrogen (secondary N) is 1. The summed E-state index contributed by atoms with van der Waals surface area (Å²) in [4.78, 5) is 50.5. The minimum Gasteiger partial charge on any atom is -0.359 e. The fourth-order valence-electron chi connectivity index (χ4n) is 4.56. The molecule has 10 heteroatoms. The van der Waals surface area contributed by atoms with Gasteiger partial charge < -0.3 is 19.6 Å². The highest BCUT2D eigenvalue weighted by molar-refractivity contribution is 6.00. The quantitative estimate of drug-likeness (QED) is 0.437. The first-order chi connectivity index (χ1) is 18.4. The molecule has 0 spiro atoms. The van der Waals surface area contributed by atoms with Crippen LogP contribution in [0.4, 0.5) is 0 Å². The van der Waals surface area contributed by atoms with Crippen LogP contribution in [0, 0.1) is 5.92 Å². The first kappa shape index (κ1) is 27.0. The van der Waals surface area contributed by atoms with Crippen molar-refractivity contribution in [3.8, 4) is 11.5 Å². The van der Waals surface area contributed by atoms with Crippen molar-refractivity contribution in [2.45, 2.75) is 45.6 Å². The highest BCUT2D eigenvalue weighted by Crippen LogP contribution is 2.27. The molecule has 0 radical (unpaired) electrons. The molecule has 1 aromatic carbocycles. The lowest BCUT2D eigenvalue weighted by atomic mass is 10.0. The maximum atomic E-state index is 14.0. The molecule has 1 aliphatic rings. The van der Waals surface area contributed by atoms with Gasteiger partial charge in [0.25, 0.3) is 11.8 Å². The van der Waals surface area contributed by atoms with E-state index in [1.165, 1.54) is 0 Å². The Hall–Kier alpha value is -4.08. The molecule has 0 aliphatic carbocycles. The summed E-state index contributed by atoms with van der Waals surface area (Å²) in [5.41, 5.74) is 1.98. The molecule has 0 saturated carbocycles. The largest absolute Gasteiger partial charge is 0.359 e. The van der Waals surface area contributed by atoms with Crippen molar-refractivity contribution in [3.05, 3.63) is 65.7 Å². The summed E-state index contributed by atoms with van der Waals surface area (Å²) in [6.07, 6.45) is 4.59. The third-order valence-corrected chi connectivity index (χ3v) is 6.69. The number of pyridine rings is 1. The van der Waals surface area contributed by atoms with E-state index in [0.717, 1.165) is 12.0 Å². The highest BCUT2D eigenvalue weighted by atomic mass is 16.5. The van der Waals surface area contributed by atoms with Gasteiger partial charge in [-0.2, -0.15) is 4.98 Å². The molecule has 3 aromatic rings. The van der Waals surface area contributed by atoms with Gasteiger partial charge in [-0.1, -0.05) is 37.2 Å². The molecule has 1 unspecified atom stereocenters. The normalized spacial score (nSPS) is 15.1. The minimum atomic E-state index is -0.154. The summed E-state index contributed by atoms with van der Waals surface area (Å²) in [5, 5.41) is 6.61. The Labute approximate surface area is 222 Å². The van der Waals surface area contributed by atoms with E-state index in [0.29, 0.717) is 49.0 Å². The van der Waals surface area contributed by atoms with E-state index in [-0.39, 0.29) is 42.4 Å². The van der Waals surface area contributed by atoms with Crippen LogP contribution in [0.5, 0.6) is 0 Å². The molecule has 10 nitrogen and oxygen atoms in total. The summed E-state index contributed by atoms with van der Waals surface area (Å²) < 4.78 is 5.51. The number of hydrogen-bond acceptors (Lipinski definition) is 7. The number of aromatic nitrogens is 3. The van der Waals surface area contributed by atoms with Crippen LogP contribution in [0.1, 0.15) is 60.8 Å². The summed E-state index contributed by atoms with van der Waals surface area (Å²) in [5.74, 6) is 0.767. The average molecular weight is 519 g/mol. The number of benzene rings is 1. The first-order valence-electron chi connectivity index (χ1n) is 12.9. The molecule has 1 fully saturated rings. The SMILES string of the molecule is CNC(=O)CCC(=O)N1CCC(CN(Cc2cccnc2)C(=O)c2ccccc2-c2nc(C(C)C)no2)C1. The van der Waals surface area contributed by atoms with Crippen molar-refractivity contribution in [2.75, 3.05) is 26.7 Å². The molecule has 4 rings (SSSR count). The van der Waals surface area contributed by atoms with Gasteiger partial charge in [0.05, 0.1) is 11.1 Å². The van der Waals surface area contributed by atoms with Crippen molar-refractivity contribution in [3.63, 3.8) is 0 Å². The summed E-state index contributed by atoms with van der Waals surface area (Å²) in [6, 6.07) is 11.0. The predicted octanol–water partition coefficient (Wildman–Crippen LogP) is 3.27. The first-order valence-corrected chi connectivity index (χ1v) is 12.9. The Bertz CT molecular complexity index is 1260. The van der Waals surface area contributed by atoms with Crippen molar-refractivity contribution in [1.82, 2.24) is 30.2 Å². The lowest BCUT2D eigenvalue weighted by molar-refractivity contribution is -0.132. The molecule has 1 atom stereocenters. The van der Waals surface area contributed by atoms with E-state index in [1.807, 2.05) is 44.2 Å². The molecule has 0 bridgehead atoms. The summed E-state index contributed by atoms with van der Waals surface area (Å²) in [6.45, 7) is 5.98. The van der Waals surface area contributed by atoms with Gasteiger partial charge in [0.1, 0.15) is 0 Å². The fourth-order valence-corrected chi connectivity index (χ4v) is 4.56. The summed E-state index contributed by atoms with van der Waals surface area (Å²) in [7, 11) is 1.56. The topological polar surface area (TPSA) is 122 Å². The third-order valence-electron chi connectivity index (χ3n) is 6.69. The van der Waals surface area contributed by atoms with Crippen LogP contribution in [0.3, 0.4) is 0 Å². The number of likely N-dealkylation sites (tertiary alicyclic amines) is 1. The number of hydrogen-bond donors (Lipinski definition) is 1. The Morgan fingerprint density at radius 2 is 1.97 bits per heavy atom. The van der Waals surface area contributed by atoms with E-state index in [2.05, 4.69) is 20.4 Å².